The number of halogens is 6. The summed E-state index contributed by atoms with van der Waals surface area (Å²) in [6.45, 7) is 6.10. The van der Waals surface area contributed by atoms with Crippen LogP contribution < -0.4 is 30.7 Å². The Bertz CT molecular complexity index is 3450. The molecule has 78 heavy (non-hydrogen) atoms. The highest BCUT2D eigenvalue weighted by atomic mass is 35.5. The lowest BCUT2D eigenvalue weighted by molar-refractivity contribution is -0.133. The van der Waals surface area contributed by atoms with E-state index in [9.17, 15) is 44.1 Å². The first-order chi connectivity index (χ1) is 37.2. The van der Waals surface area contributed by atoms with Crippen LogP contribution in [-0.4, -0.2) is 89.7 Å². The summed E-state index contributed by atoms with van der Waals surface area (Å²) in [5, 5.41) is 41.8. The van der Waals surface area contributed by atoms with E-state index >= 15 is 0 Å². The zero-order valence-electron chi connectivity index (χ0n) is 41.3. The molecular weight excluding hydrogens is 1130 g/mol. The third-order valence-corrected chi connectivity index (χ3v) is 16.6. The van der Waals surface area contributed by atoms with Gasteiger partial charge in [-0.1, -0.05) is 69.6 Å². The number of aliphatic hydroxyl groups is 3. The molecule has 3 atom stereocenters. The summed E-state index contributed by atoms with van der Waals surface area (Å²) < 4.78 is 0. The number of hydrogen-bond acceptors (Lipinski definition) is 12. The van der Waals surface area contributed by atoms with Crippen molar-refractivity contribution in [2.45, 2.75) is 55.3 Å². The van der Waals surface area contributed by atoms with Gasteiger partial charge in [0.1, 0.15) is 0 Å². The lowest BCUT2D eigenvalue weighted by Gasteiger charge is -2.33. The number of ketones is 3. The van der Waals surface area contributed by atoms with Gasteiger partial charge in [-0.25, -0.2) is 0 Å². The normalized spacial score (nSPS) is 21.2. The van der Waals surface area contributed by atoms with Gasteiger partial charge in [0.2, 0.25) is 0 Å². The van der Waals surface area contributed by atoms with Crippen LogP contribution in [0.4, 0.5) is 34.1 Å². The van der Waals surface area contributed by atoms with E-state index in [1.165, 1.54) is 55.7 Å². The van der Waals surface area contributed by atoms with Crippen LogP contribution in [0.1, 0.15) is 86.3 Å². The summed E-state index contributed by atoms with van der Waals surface area (Å²) in [5.74, 6) is -3.14. The van der Waals surface area contributed by atoms with Crippen LogP contribution >= 0.6 is 69.6 Å². The van der Waals surface area contributed by atoms with Gasteiger partial charge in [0.05, 0.1) is 51.4 Å². The summed E-state index contributed by atoms with van der Waals surface area (Å²) in [6, 6.07) is 30.7. The van der Waals surface area contributed by atoms with Crippen LogP contribution in [0.5, 0.6) is 0 Å². The number of nitrogens with zero attached hydrogens (tertiary/aromatic N) is 3. The Morgan fingerprint density at radius 2 is 0.615 bits per heavy atom. The number of Topliss-reactive ketones (excluding diaryl/α,β-unsaturated/α-hetero) is 3. The number of rotatable bonds is 12. The largest absolute Gasteiger partial charge is 0.375 e. The third kappa shape index (κ3) is 10.4. The fraction of sp³-hybridized carbons (Fsp3) is 0.263. The number of hydrogen-bond donors (Lipinski definition) is 6. The van der Waals surface area contributed by atoms with E-state index in [1.807, 2.05) is 36.4 Å². The van der Waals surface area contributed by atoms with E-state index in [4.69, 9.17) is 69.6 Å². The van der Waals surface area contributed by atoms with E-state index in [-0.39, 0.29) is 81.2 Å². The van der Waals surface area contributed by atoms with Crippen LogP contribution in [-0.2, 0) is 31.2 Å². The van der Waals surface area contributed by atoms with E-state index in [2.05, 4.69) is 30.7 Å². The van der Waals surface area contributed by atoms with Crippen LogP contribution in [0.15, 0.2) is 109 Å². The minimum Gasteiger partial charge on any atom is -0.375 e. The van der Waals surface area contributed by atoms with Crippen molar-refractivity contribution in [3.8, 4) is 0 Å². The molecule has 12 rings (SSSR count). The second kappa shape index (κ2) is 21.8. The fourth-order valence-corrected chi connectivity index (χ4v) is 11.7. The summed E-state index contributed by atoms with van der Waals surface area (Å²) in [6.07, 6.45) is 2.29. The second-order valence-electron chi connectivity index (χ2n) is 19.7. The highest BCUT2D eigenvalue weighted by Crippen LogP contribution is 2.49. The molecule has 0 aliphatic carbocycles. The van der Waals surface area contributed by atoms with E-state index in [0.29, 0.717) is 16.7 Å². The van der Waals surface area contributed by atoms with Gasteiger partial charge >= 0.3 is 0 Å². The Hall–Kier alpha value is -6.24. The maximum absolute atomic E-state index is 12.8. The molecule has 3 amide bonds. The van der Waals surface area contributed by atoms with Crippen molar-refractivity contribution in [1.82, 2.24) is 0 Å². The van der Waals surface area contributed by atoms with E-state index < -0.39 is 53.8 Å². The molecular formula is C57H48Cl6N6O9. The SMILES string of the molecule is O=C(CC1(O)C(=O)Nc2c(Cl)ccc(Cl)c21)c1ccc(N2CC2)cc1.O=C(CC1(O)C(=O)Nc2c(Cl)ccc(Cl)c21)c1ccc(N2CCC2)cc1.O=C(CC1(O)C(=O)Nc2c(Cl)ccc(Cl)c21)c1ccc(N2CCCC2)cc1. The minimum absolute atomic E-state index is 0.153. The van der Waals surface area contributed by atoms with Crippen molar-refractivity contribution in [3.05, 3.63) is 173 Å². The summed E-state index contributed by atoms with van der Waals surface area (Å²) in [5.41, 5.74) is -0.397. The van der Waals surface area contributed by atoms with Gasteiger partial charge in [-0.05, 0) is 128 Å². The number of amides is 3. The highest BCUT2D eigenvalue weighted by molar-refractivity contribution is 6.40. The van der Waals surface area contributed by atoms with Crippen LogP contribution in [0.3, 0.4) is 0 Å². The van der Waals surface area contributed by atoms with Crippen molar-refractivity contribution in [3.63, 3.8) is 0 Å². The number of carbonyl (C=O) groups excluding carboxylic acids is 6. The maximum Gasteiger partial charge on any atom is 0.261 e. The Morgan fingerprint density at radius 1 is 0.372 bits per heavy atom. The Labute approximate surface area is 477 Å². The van der Waals surface area contributed by atoms with Gasteiger partial charge in [0, 0.05) is 105 Å². The van der Waals surface area contributed by atoms with E-state index in [0.717, 1.165) is 56.3 Å². The number of anilines is 6. The lowest BCUT2D eigenvalue weighted by Crippen LogP contribution is -2.37. The van der Waals surface area contributed by atoms with Crippen LogP contribution in [0.2, 0.25) is 30.1 Å². The average Bonchev–Trinajstić information content (AvgIpc) is 4.08. The number of benzene rings is 6. The van der Waals surface area contributed by atoms with Crippen molar-refractivity contribution in [2.75, 3.05) is 69.9 Å². The van der Waals surface area contributed by atoms with Gasteiger partial charge < -0.3 is 46.0 Å². The molecule has 15 nitrogen and oxygen atoms in total. The monoisotopic (exact) mass is 1170 g/mol. The molecule has 0 radical (unpaired) electrons. The quantitative estimate of drug-likeness (QED) is 0.0500. The van der Waals surface area contributed by atoms with Crippen LogP contribution in [0.25, 0.3) is 0 Å². The molecule has 6 aliphatic heterocycles. The molecule has 0 aromatic heterocycles. The van der Waals surface area contributed by atoms with Gasteiger partial charge in [-0.3, -0.25) is 28.8 Å². The van der Waals surface area contributed by atoms with Crippen molar-refractivity contribution >= 4 is 139 Å². The van der Waals surface area contributed by atoms with Crippen LogP contribution in [0, 0.1) is 0 Å². The zero-order valence-corrected chi connectivity index (χ0v) is 45.8. The lowest BCUT2D eigenvalue weighted by atomic mass is 9.88. The first-order valence-electron chi connectivity index (χ1n) is 24.9. The molecule has 3 unspecified atom stereocenters. The molecule has 6 aromatic rings. The van der Waals surface area contributed by atoms with Gasteiger partial charge in [0.15, 0.2) is 34.2 Å². The molecule has 6 N–H and O–H groups in total. The first-order valence-corrected chi connectivity index (χ1v) is 27.2. The number of nitrogens with one attached hydrogen (secondary N) is 3. The summed E-state index contributed by atoms with van der Waals surface area (Å²) in [4.78, 5) is 81.8. The predicted octanol–water partition coefficient (Wildman–Crippen LogP) is 10.8. The summed E-state index contributed by atoms with van der Waals surface area (Å²) in [7, 11) is 0. The average molecular weight is 1170 g/mol. The molecule has 402 valence electrons. The molecule has 6 aliphatic rings. The van der Waals surface area contributed by atoms with Crippen molar-refractivity contribution in [2.24, 2.45) is 0 Å². The molecule has 3 saturated heterocycles. The molecule has 0 bridgehead atoms. The molecule has 6 heterocycles. The van der Waals surface area contributed by atoms with Gasteiger partial charge in [-0.2, -0.15) is 0 Å². The zero-order chi connectivity index (χ0) is 55.4. The molecule has 3 fully saturated rings. The highest BCUT2D eigenvalue weighted by Gasteiger charge is 2.51. The standard InChI is InChI=1S/C20H18Cl2N2O3.C19H16Cl2N2O3.C18H14Cl2N2O3/c21-14-7-8-15(22)18-17(14)20(27,19(26)23-18)11-16(25)12-3-5-13(6-4-12)24-9-1-2-10-24;20-13-6-7-14(21)17-16(13)19(26,18(25)22-17)10-15(24)11-2-4-12(5-3-11)23-8-1-9-23;19-12-5-6-13(20)16-15(12)18(25,17(24)21-16)9-14(23)10-1-3-11(4-2-10)22-7-8-22/h3-8,27H,1-2,9-11H2,(H,23,26);2-7,26H,1,8-10H2,(H,22,25);1-6,25H,7-9H2,(H,21,24). The number of carbonyl (C=O) groups is 6. The minimum atomic E-state index is -2.04. The topological polar surface area (TPSA) is 209 Å². The smallest absolute Gasteiger partial charge is 0.261 e. The van der Waals surface area contributed by atoms with E-state index in [1.54, 1.807) is 36.4 Å². The van der Waals surface area contributed by atoms with Gasteiger partial charge in [0.25, 0.3) is 17.7 Å². The van der Waals surface area contributed by atoms with Crippen molar-refractivity contribution < 1.29 is 44.1 Å². The number of fused-ring (bicyclic) bond motifs is 3. The molecule has 0 saturated carbocycles. The molecule has 21 heteroatoms. The Kier molecular flexibility index (Phi) is 15.4. The first kappa shape index (κ1) is 55.1. The maximum atomic E-state index is 12.8. The Balaban J connectivity index is 0.000000132. The second-order valence-corrected chi connectivity index (χ2v) is 22.2. The molecule has 0 spiro atoms. The van der Waals surface area contributed by atoms with Crippen molar-refractivity contribution in [1.29, 1.82) is 0 Å². The Morgan fingerprint density at radius 3 is 0.859 bits per heavy atom. The molecule has 6 aromatic carbocycles. The van der Waals surface area contributed by atoms with Gasteiger partial charge in [-0.15, -0.1) is 0 Å². The predicted molar refractivity (Wildman–Crippen MR) is 304 cm³/mol. The summed E-state index contributed by atoms with van der Waals surface area (Å²) >= 11 is 36.8. The fourth-order valence-electron chi connectivity index (χ4n) is 10.2. The third-order valence-electron chi connectivity index (χ3n) is 14.7.